The summed E-state index contributed by atoms with van der Waals surface area (Å²) in [5, 5.41) is 54.0. The third-order valence-corrected chi connectivity index (χ3v) is 9.92. The predicted molar refractivity (Wildman–Crippen MR) is 192 cm³/mol. The molecule has 0 spiro atoms. The highest BCUT2D eigenvalue weighted by atomic mass is 16.7. The number of hydrogen-bond acceptors (Lipinski definition) is 14. The van der Waals surface area contributed by atoms with Crippen LogP contribution in [0.25, 0.3) is 0 Å². The van der Waals surface area contributed by atoms with Crippen molar-refractivity contribution in [2.75, 3.05) is 32.8 Å². The quantitative estimate of drug-likeness (QED) is 0.157. The number of likely N-dealkylation sites (tertiary alicyclic amines) is 1. The lowest BCUT2D eigenvalue weighted by Crippen LogP contribution is -2.69. The highest BCUT2D eigenvalue weighted by Crippen LogP contribution is 2.34. The summed E-state index contributed by atoms with van der Waals surface area (Å²) in [7, 11) is 0. The molecule has 54 heavy (non-hydrogen) atoms. The summed E-state index contributed by atoms with van der Waals surface area (Å²) < 4.78 is 35.5. The molecular weight excluding hydrogens is 708 g/mol. The van der Waals surface area contributed by atoms with Crippen molar-refractivity contribution in [1.29, 1.82) is 0 Å². The van der Waals surface area contributed by atoms with Gasteiger partial charge in [0.25, 0.3) is 5.91 Å². The molecule has 2 saturated carbocycles. The average Bonchev–Trinajstić information content (AvgIpc) is 3.77. The molecule has 2 saturated heterocycles. The molecule has 3 heterocycles. The van der Waals surface area contributed by atoms with Crippen LogP contribution in [0.15, 0.2) is 11.8 Å². The van der Waals surface area contributed by atoms with E-state index in [1.165, 1.54) is 24.7 Å². The molecule has 7 N–H and O–H groups in total. The van der Waals surface area contributed by atoms with Crippen LogP contribution < -0.4 is 16.0 Å². The van der Waals surface area contributed by atoms with Crippen LogP contribution >= 0.6 is 0 Å². The summed E-state index contributed by atoms with van der Waals surface area (Å²) in [6.07, 6.45) is -3.66. The van der Waals surface area contributed by atoms with Crippen LogP contribution in [-0.4, -0.2) is 148 Å². The first-order valence-electron chi connectivity index (χ1n) is 19.2. The van der Waals surface area contributed by atoms with E-state index in [0.717, 1.165) is 6.54 Å². The highest BCUT2D eigenvalue weighted by Gasteiger charge is 2.53. The maximum atomic E-state index is 13.9. The van der Waals surface area contributed by atoms with Gasteiger partial charge in [-0.15, -0.1) is 0 Å². The molecule has 2 aliphatic carbocycles. The lowest BCUT2D eigenvalue weighted by atomic mass is 9.82. The summed E-state index contributed by atoms with van der Waals surface area (Å²) in [6.45, 7) is 12.7. The van der Waals surface area contributed by atoms with Gasteiger partial charge < -0.3 is 69.7 Å². The predicted octanol–water partition coefficient (Wildman–Crippen LogP) is 1.15. The van der Waals surface area contributed by atoms with Crippen LogP contribution in [0.3, 0.4) is 0 Å². The zero-order valence-electron chi connectivity index (χ0n) is 32.7. The molecule has 1 unspecified atom stereocenters. The second kappa shape index (κ2) is 16.8. The third-order valence-electron chi connectivity index (χ3n) is 9.92. The van der Waals surface area contributed by atoms with Crippen LogP contribution in [0.2, 0.25) is 0 Å². The minimum atomic E-state index is -2.01. The van der Waals surface area contributed by atoms with Crippen molar-refractivity contribution in [3.05, 3.63) is 11.8 Å². The summed E-state index contributed by atoms with van der Waals surface area (Å²) in [5.41, 5.74) is -4.98. The number of ether oxygens (including phenoxy) is 6. The van der Waals surface area contributed by atoms with Gasteiger partial charge in [-0.05, 0) is 92.7 Å². The van der Waals surface area contributed by atoms with Crippen molar-refractivity contribution >= 4 is 18.1 Å². The molecule has 4 fully saturated rings. The topological polar surface area (TPSA) is 227 Å². The van der Waals surface area contributed by atoms with E-state index in [2.05, 4.69) is 16.0 Å². The molecule has 17 heteroatoms. The lowest BCUT2D eigenvalue weighted by molar-refractivity contribution is -0.297. The van der Waals surface area contributed by atoms with Crippen molar-refractivity contribution in [2.45, 2.75) is 165 Å². The summed E-state index contributed by atoms with van der Waals surface area (Å²) in [5.74, 6) is 0.537. The van der Waals surface area contributed by atoms with Crippen molar-refractivity contribution in [1.82, 2.24) is 20.9 Å². The van der Waals surface area contributed by atoms with Crippen molar-refractivity contribution < 1.29 is 63.2 Å². The Hall–Kier alpha value is -2.77. The minimum absolute atomic E-state index is 0.0563. The van der Waals surface area contributed by atoms with Gasteiger partial charge in [0.15, 0.2) is 18.2 Å². The van der Waals surface area contributed by atoms with Gasteiger partial charge >= 0.3 is 12.2 Å². The Bertz CT molecular complexity index is 1360. The number of rotatable bonds is 11. The number of allylic oxidation sites excluding steroid dienone is 1. The van der Waals surface area contributed by atoms with Gasteiger partial charge in [-0.1, -0.05) is 0 Å². The monoisotopic (exact) mass is 770 g/mol. The Balaban J connectivity index is 1.37. The van der Waals surface area contributed by atoms with Gasteiger partial charge in [0.2, 0.25) is 0 Å². The molecule has 3 aliphatic heterocycles. The second-order valence-corrected chi connectivity index (χ2v) is 17.8. The van der Waals surface area contributed by atoms with E-state index in [1.807, 2.05) is 6.08 Å². The SMILES string of the molecule is CC(C)(C)OC(=O)N[C@H]1C[C@@H](NC(=O)C2(O)CCN(C(=O)OC(C)(C)C)C2)[C@H](O[C@H]2OC[C@](C)(O)C[C@H]2O)[C@@H](O)[C@@H]1O[C@@H]1CCC=C(CNCC2CC2)O1. The Kier molecular flexibility index (Phi) is 13.2. The summed E-state index contributed by atoms with van der Waals surface area (Å²) in [4.78, 5) is 41.1. The van der Waals surface area contributed by atoms with Gasteiger partial charge in [0.1, 0.15) is 41.4 Å². The van der Waals surface area contributed by atoms with Crippen molar-refractivity contribution in [3.63, 3.8) is 0 Å². The highest BCUT2D eigenvalue weighted by molar-refractivity contribution is 5.87. The largest absolute Gasteiger partial charge is 0.468 e. The van der Waals surface area contributed by atoms with Crippen LogP contribution in [0.1, 0.15) is 93.4 Å². The first-order valence-corrected chi connectivity index (χ1v) is 19.2. The van der Waals surface area contributed by atoms with E-state index < -0.39 is 89.6 Å². The van der Waals surface area contributed by atoms with E-state index in [-0.39, 0.29) is 39.0 Å². The van der Waals surface area contributed by atoms with Crippen LogP contribution in [-0.2, 0) is 33.2 Å². The van der Waals surface area contributed by atoms with Gasteiger partial charge in [0, 0.05) is 25.8 Å². The van der Waals surface area contributed by atoms with Crippen LogP contribution in [0, 0.1) is 5.92 Å². The molecule has 3 amide bonds. The van der Waals surface area contributed by atoms with E-state index in [4.69, 9.17) is 28.4 Å². The fraction of sp³-hybridized carbons (Fsp3) is 0.865. The van der Waals surface area contributed by atoms with Crippen LogP contribution in [0.5, 0.6) is 0 Å². The first-order chi connectivity index (χ1) is 25.1. The maximum Gasteiger partial charge on any atom is 0.410 e. The molecule has 10 atom stereocenters. The van der Waals surface area contributed by atoms with E-state index in [1.54, 1.807) is 41.5 Å². The number of amides is 3. The number of β-amino-alcohol motifs (C(OH)–C–C–N with tert-alkyl or cyclic N) is 1. The molecule has 308 valence electrons. The van der Waals surface area contributed by atoms with Gasteiger partial charge in [0.05, 0.1) is 37.4 Å². The molecule has 0 aromatic heterocycles. The Morgan fingerprint density at radius 3 is 2.28 bits per heavy atom. The number of alkyl carbamates (subject to hydrolysis) is 1. The van der Waals surface area contributed by atoms with Gasteiger partial charge in [-0.2, -0.15) is 0 Å². The van der Waals surface area contributed by atoms with Crippen LogP contribution in [0.4, 0.5) is 9.59 Å². The Morgan fingerprint density at radius 2 is 1.63 bits per heavy atom. The normalized spacial score (nSPS) is 36.1. The summed E-state index contributed by atoms with van der Waals surface area (Å²) >= 11 is 0. The first kappa shape index (κ1) is 42.4. The zero-order valence-corrected chi connectivity index (χ0v) is 32.7. The second-order valence-electron chi connectivity index (χ2n) is 17.8. The number of hydrogen-bond donors (Lipinski definition) is 7. The standard InChI is InChI=1S/C37H62N4O13/c1-34(2,3)53-32(45)40-24-15-23(39-31(44)37(48)13-14-41(19-37)33(46)54-35(4,5)6)29(52-30-25(42)16-36(7,47)20-49-30)27(43)28(24)51-26-10-8-9-22(50-26)18-38-17-21-11-12-21/h9,21,23-30,38,42-43,47-48H,8,10-20H2,1-7H3,(H,39,44)(H,40,45)/t23-,24+,25-,26-,27+,28-,29+,30-,36-,37?/m1/s1. The Morgan fingerprint density at radius 1 is 0.963 bits per heavy atom. The fourth-order valence-corrected chi connectivity index (χ4v) is 7.09. The van der Waals surface area contributed by atoms with Gasteiger partial charge in [-0.25, -0.2) is 9.59 Å². The number of aliphatic hydroxyl groups excluding tert-OH is 2. The molecule has 5 rings (SSSR count). The number of carbonyl (C=O) groups is 3. The fourth-order valence-electron chi connectivity index (χ4n) is 7.09. The molecular formula is C37H62N4O13. The van der Waals surface area contributed by atoms with Crippen molar-refractivity contribution in [3.8, 4) is 0 Å². The zero-order chi connectivity index (χ0) is 39.6. The molecule has 5 aliphatic rings. The molecule has 0 aromatic rings. The smallest absolute Gasteiger partial charge is 0.410 e. The van der Waals surface area contributed by atoms with Gasteiger partial charge in [-0.3, -0.25) is 4.79 Å². The minimum Gasteiger partial charge on any atom is -0.468 e. The lowest BCUT2D eigenvalue weighted by Gasteiger charge is -2.48. The number of carbonyl (C=O) groups excluding carboxylic acids is 3. The molecule has 0 aromatic carbocycles. The van der Waals surface area contributed by atoms with E-state index in [0.29, 0.717) is 31.1 Å². The molecule has 17 nitrogen and oxygen atoms in total. The van der Waals surface area contributed by atoms with E-state index >= 15 is 0 Å². The maximum absolute atomic E-state index is 13.9. The number of nitrogens with zero attached hydrogens (tertiary/aromatic N) is 1. The van der Waals surface area contributed by atoms with Crippen molar-refractivity contribution in [2.24, 2.45) is 5.92 Å². The number of aliphatic hydroxyl groups is 4. The molecule has 0 bridgehead atoms. The summed E-state index contributed by atoms with van der Waals surface area (Å²) in [6, 6.07) is -2.07. The number of nitrogens with one attached hydrogen (secondary N) is 3. The Labute approximate surface area is 317 Å². The van der Waals surface area contributed by atoms with E-state index in [9.17, 15) is 34.8 Å². The molecule has 0 radical (unpaired) electrons. The average molecular weight is 771 g/mol. The third kappa shape index (κ3) is 11.9.